The molecule has 0 aromatic heterocycles. The topological polar surface area (TPSA) is 57.3 Å². The van der Waals surface area contributed by atoms with Crippen LogP contribution in [0.1, 0.15) is 18.1 Å². The Hall–Kier alpha value is -2.06. The highest BCUT2D eigenvalue weighted by Crippen LogP contribution is 2.20. The summed E-state index contributed by atoms with van der Waals surface area (Å²) in [7, 11) is 1.93. The largest absolute Gasteiger partial charge is 0.324 e. The van der Waals surface area contributed by atoms with Gasteiger partial charge in [0.05, 0.1) is 23.7 Å². The van der Waals surface area contributed by atoms with Crippen molar-refractivity contribution in [1.29, 1.82) is 5.26 Å². The molecule has 0 saturated carbocycles. The summed E-state index contributed by atoms with van der Waals surface area (Å²) in [6, 6.07) is 14.0. The summed E-state index contributed by atoms with van der Waals surface area (Å²) in [5.74, 6) is -0.118. The molecule has 0 aliphatic rings. The van der Waals surface area contributed by atoms with E-state index >= 15 is 0 Å². The van der Waals surface area contributed by atoms with E-state index in [-0.39, 0.29) is 11.9 Å². The third kappa shape index (κ3) is 4.72. The normalized spacial score (nSPS) is 13.0. The molecule has 124 valence electrons. The second-order valence-electron chi connectivity index (χ2n) is 5.66. The third-order valence-corrected chi connectivity index (χ3v) is 4.46. The van der Waals surface area contributed by atoms with E-state index in [0.717, 1.165) is 10.5 Å². The van der Waals surface area contributed by atoms with Crippen molar-refractivity contribution in [3.63, 3.8) is 0 Å². The van der Waals surface area contributed by atoms with Gasteiger partial charge in [-0.25, -0.2) is 0 Å². The molecule has 0 heterocycles. The van der Waals surface area contributed by atoms with Gasteiger partial charge in [0.1, 0.15) is 6.54 Å². The van der Waals surface area contributed by atoms with Crippen LogP contribution in [-0.2, 0) is 11.3 Å². The fraction of sp³-hybridized carbons (Fsp3) is 0.222. The number of nitrogens with zero attached hydrogens (tertiary/aromatic N) is 1. The molecule has 0 aliphatic carbocycles. The molecule has 0 fully saturated rings. The summed E-state index contributed by atoms with van der Waals surface area (Å²) in [6.45, 7) is 2.45. The quantitative estimate of drug-likeness (QED) is 0.858. The summed E-state index contributed by atoms with van der Waals surface area (Å²) in [6.07, 6.45) is 0. The van der Waals surface area contributed by atoms with E-state index in [1.54, 1.807) is 36.4 Å². The Morgan fingerprint density at radius 3 is 2.71 bits per heavy atom. The number of nitriles is 1. The highest BCUT2D eigenvalue weighted by atomic mass is 35.5. The van der Waals surface area contributed by atoms with Gasteiger partial charge in [-0.15, -0.1) is 0 Å². The van der Waals surface area contributed by atoms with Crippen molar-refractivity contribution in [2.24, 2.45) is 0 Å². The molecule has 2 rings (SSSR count). The predicted octanol–water partition coefficient (Wildman–Crippen LogP) is 2.91. The zero-order chi connectivity index (χ0) is 17.7. The molecule has 6 heteroatoms. The Labute approximate surface area is 151 Å². The average Bonchev–Trinajstić information content (AvgIpc) is 2.56. The number of amides is 1. The second-order valence-corrected chi connectivity index (χ2v) is 6.51. The van der Waals surface area contributed by atoms with Gasteiger partial charge in [-0.05, 0) is 37.3 Å². The molecule has 2 N–H and O–H groups in total. The highest BCUT2D eigenvalue weighted by molar-refractivity contribution is 6.35. The number of anilines is 1. The summed E-state index contributed by atoms with van der Waals surface area (Å²) in [5, 5.41) is 12.9. The molecule has 0 radical (unpaired) electrons. The van der Waals surface area contributed by atoms with E-state index < -0.39 is 0 Å². The molecule has 2 aromatic rings. The summed E-state index contributed by atoms with van der Waals surface area (Å²) >= 11 is 12.1. The Bertz CT molecular complexity index is 786. The van der Waals surface area contributed by atoms with Crippen LogP contribution in [-0.4, -0.2) is 19.0 Å². The average molecular weight is 363 g/mol. The van der Waals surface area contributed by atoms with Gasteiger partial charge < -0.3 is 10.2 Å². The van der Waals surface area contributed by atoms with Gasteiger partial charge in [-0.2, -0.15) is 5.26 Å². The maximum Gasteiger partial charge on any atom is 0.282 e. The summed E-state index contributed by atoms with van der Waals surface area (Å²) < 4.78 is 0. The monoisotopic (exact) mass is 362 g/mol. The molecule has 0 bridgehead atoms. The number of hydrogen-bond donors (Lipinski definition) is 2. The van der Waals surface area contributed by atoms with Gasteiger partial charge in [-0.1, -0.05) is 35.3 Å². The predicted molar refractivity (Wildman–Crippen MR) is 96.3 cm³/mol. The minimum Gasteiger partial charge on any atom is -0.324 e. The van der Waals surface area contributed by atoms with Crippen LogP contribution in [0.4, 0.5) is 5.69 Å². The van der Waals surface area contributed by atoms with Crippen LogP contribution in [0.3, 0.4) is 0 Å². The summed E-state index contributed by atoms with van der Waals surface area (Å²) in [5.41, 5.74) is 2.06. The van der Waals surface area contributed by atoms with Gasteiger partial charge in [0.2, 0.25) is 0 Å². The van der Waals surface area contributed by atoms with E-state index in [1.165, 1.54) is 0 Å². The molecule has 2 aromatic carbocycles. The number of nitrogens with one attached hydrogen (secondary N) is 2. The van der Waals surface area contributed by atoms with Crippen molar-refractivity contribution >= 4 is 34.8 Å². The van der Waals surface area contributed by atoms with E-state index in [2.05, 4.69) is 11.4 Å². The van der Waals surface area contributed by atoms with Crippen LogP contribution < -0.4 is 10.2 Å². The SMILES string of the molecule is C[C@@H](C(=O)Nc1cccc(C#N)c1)[NH+](C)Cc1ccc(Cl)cc1Cl. The van der Waals surface area contributed by atoms with Gasteiger partial charge >= 0.3 is 0 Å². The van der Waals surface area contributed by atoms with Gasteiger partial charge in [-0.3, -0.25) is 4.79 Å². The Kier molecular flexibility index (Phi) is 6.22. The lowest BCUT2D eigenvalue weighted by Crippen LogP contribution is -3.12. The van der Waals surface area contributed by atoms with Gasteiger partial charge in [0.15, 0.2) is 6.04 Å². The maximum atomic E-state index is 12.4. The molecule has 2 atom stereocenters. The van der Waals surface area contributed by atoms with E-state index in [9.17, 15) is 4.79 Å². The van der Waals surface area contributed by atoms with Crippen LogP contribution >= 0.6 is 23.2 Å². The fourth-order valence-corrected chi connectivity index (χ4v) is 2.73. The van der Waals surface area contributed by atoms with Crippen LogP contribution in [0.5, 0.6) is 0 Å². The number of carbonyl (C=O) groups excluding carboxylic acids is 1. The van der Waals surface area contributed by atoms with Crippen molar-refractivity contribution in [3.05, 3.63) is 63.6 Å². The number of carbonyl (C=O) groups is 1. The molecule has 4 nitrogen and oxygen atoms in total. The Balaban J connectivity index is 2.02. The van der Waals surface area contributed by atoms with Crippen molar-refractivity contribution < 1.29 is 9.69 Å². The molecule has 0 saturated heterocycles. The highest BCUT2D eigenvalue weighted by Gasteiger charge is 2.22. The smallest absolute Gasteiger partial charge is 0.282 e. The maximum absolute atomic E-state index is 12.4. The summed E-state index contributed by atoms with van der Waals surface area (Å²) in [4.78, 5) is 13.4. The number of likely N-dealkylation sites (N-methyl/N-ethyl adjacent to an activating group) is 1. The molecule has 0 aliphatic heterocycles. The number of rotatable bonds is 5. The van der Waals surface area contributed by atoms with Gasteiger partial charge in [0, 0.05) is 16.3 Å². The standard InChI is InChI=1S/C18H17Cl2N3O/c1-12(18(24)22-16-5-3-4-13(8-16)10-21)23(2)11-14-6-7-15(19)9-17(14)20/h3-9,12H,11H2,1-2H3,(H,22,24)/p+1/t12-/m0/s1. The van der Waals surface area contributed by atoms with Crippen LogP contribution in [0.2, 0.25) is 10.0 Å². The van der Waals surface area contributed by atoms with Crippen molar-refractivity contribution in [2.75, 3.05) is 12.4 Å². The van der Waals surface area contributed by atoms with E-state index in [4.69, 9.17) is 28.5 Å². The molecule has 1 unspecified atom stereocenters. The first-order valence-corrected chi connectivity index (χ1v) is 8.23. The van der Waals surface area contributed by atoms with E-state index in [0.29, 0.717) is 27.8 Å². The third-order valence-electron chi connectivity index (χ3n) is 3.88. The van der Waals surface area contributed by atoms with Gasteiger partial charge in [0.25, 0.3) is 5.91 Å². The molecular formula is C18H18Cl2N3O+. The van der Waals surface area contributed by atoms with Crippen molar-refractivity contribution in [3.8, 4) is 6.07 Å². The zero-order valence-electron chi connectivity index (χ0n) is 13.4. The molecule has 1 amide bonds. The van der Waals surface area contributed by atoms with Crippen molar-refractivity contribution in [1.82, 2.24) is 0 Å². The van der Waals surface area contributed by atoms with Crippen molar-refractivity contribution in [2.45, 2.75) is 19.5 Å². The molecular weight excluding hydrogens is 345 g/mol. The zero-order valence-corrected chi connectivity index (χ0v) is 14.9. The Morgan fingerprint density at radius 2 is 2.04 bits per heavy atom. The minimum atomic E-state index is -0.289. The number of hydrogen-bond acceptors (Lipinski definition) is 2. The second kappa shape index (κ2) is 8.16. The van der Waals surface area contributed by atoms with Crippen LogP contribution in [0.25, 0.3) is 0 Å². The lowest BCUT2D eigenvalue weighted by molar-refractivity contribution is -0.907. The molecule has 0 spiro atoms. The first-order valence-electron chi connectivity index (χ1n) is 7.48. The lowest BCUT2D eigenvalue weighted by Gasteiger charge is -2.21. The van der Waals surface area contributed by atoms with Crippen LogP contribution in [0, 0.1) is 11.3 Å². The lowest BCUT2D eigenvalue weighted by atomic mass is 10.1. The number of halogens is 2. The number of quaternary nitrogens is 1. The first-order chi connectivity index (χ1) is 11.4. The number of benzene rings is 2. The first kappa shape index (κ1) is 18.3. The minimum absolute atomic E-state index is 0.118. The fourth-order valence-electron chi connectivity index (χ4n) is 2.26. The van der Waals surface area contributed by atoms with Crippen LogP contribution in [0.15, 0.2) is 42.5 Å². The molecule has 24 heavy (non-hydrogen) atoms. The Morgan fingerprint density at radius 1 is 1.29 bits per heavy atom. The van der Waals surface area contributed by atoms with E-state index in [1.807, 2.05) is 20.0 Å².